The van der Waals surface area contributed by atoms with Gasteiger partial charge in [-0.25, -0.2) is 18.1 Å². The molecule has 15 heavy (non-hydrogen) atoms. The molecule has 0 amide bonds. The van der Waals surface area contributed by atoms with E-state index in [9.17, 15) is 8.42 Å². The third-order valence-corrected chi connectivity index (χ3v) is 4.23. The number of nitrogens with one attached hydrogen (secondary N) is 2. The van der Waals surface area contributed by atoms with Gasteiger partial charge in [0.2, 0.25) is 0 Å². The van der Waals surface area contributed by atoms with Gasteiger partial charge in [-0.3, -0.25) is 0 Å². The Bertz CT molecular complexity index is 413. The van der Waals surface area contributed by atoms with Crippen molar-refractivity contribution >= 4 is 10.0 Å². The Morgan fingerprint density at radius 1 is 1.53 bits per heavy atom. The fourth-order valence-corrected chi connectivity index (χ4v) is 3.17. The molecule has 1 aliphatic rings. The number of H-pyrrole nitrogens is 1. The molecule has 0 saturated heterocycles. The van der Waals surface area contributed by atoms with Crippen LogP contribution in [0.3, 0.4) is 0 Å². The molecule has 0 aromatic carbocycles. The van der Waals surface area contributed by atoms with Crippen molar-refractivity contribution in [3.8, 4) is 0 Å². The van der Waals surface area contributed by atoms with Crippen LogP contribution in [0.15, 0.2) is 17.6 Å². The number of imidazole rings is 1. The van der Waals surface area contributed by atoms with Crippen molar-refractivity contribution in [1.82, 2.24) is 14.7 Å². The number of rotatable bonds is 3. The standard InChI is InChI=1S/C9H15N3O2S/c1-7-2-3-8(4-7)12-15(13,14)9-5-10-6-11-9/h5-8,12H,2-4H2,1H3,(H,10,11). The van der Waals surface area contributed by atoms with E-state index in [1.54, 1.807) is 0 Å². The summed E-state index contributed by atoms with van der Waals surface area (Å²) in [5.74, 6) is 0.611. The zero-order valence-corrected chi connectivity index (χ0v) is 9.42. The van der Waals surface area contributed by atoms with Crippen molar-refractivity contribution in [2.24, 2.45) is 5.92 Å². The minimum Gasteiger partial charge on any atom is -0.335 e. The van der Waals surface area contributed by atoms with E-state index in [-0.39, 0.29) is 11.1 Å². The van der Waals surface area contributed by atoms with Crippen molar-refractivity contribution in [2.75, 3.05) is 0 Å². The van der Waals surface area contributed by atoms with E-state index < -0.39 is 10.0 Å². The van der Waals surface area contributed by atoms with Gasteiger partial charge < -0.3 is 4.98 Å². The number of aromatic amines is 1. The second kappa shape index (κ2) is 3.94. The summed E-state index contributed by atoms with van der Waals surface area (Å²) in [7, 11) is -3.39. The molecule has 0 bridgehead atoms. The predicted octanol–water partition coefficient (Wildman–Crippen LogP) is 0.877. The molecule has 84 valence electrons. The maximum atomic E-state index is 11.8. The quantitative estimate of drug-likeness (QED) is 0.807. The third-order valence-electron chi connectivity index (χ3n) is 2.78. The molecule has 2 rings (SSSR count). The first-order chi connectivity index (χ1) is 7.08. The molecular formula is C9H15N3O2S. The second-order valence-corrected chi connectivity index (χ2v) is 5.83. The predicted molar refractivity (Wildman–Crippen MR) is 55.7 cm³/mol. The highest BCUT2D eigenvalue weighted by Crippen LogP contribution is 2.25. The first-order valence-electron chi connectivity index (χ1n) is 5.08. The van der Waals surface area contributed by atoms with Gasteiger partial charge in [0, 0.05) is 6.04 Å². The van der Waals surface area contributed by atoms with Crippen LogP contribution in [0.2, 0.25) is 0 Å². The molecule has 1 fully saturated rings. The molecular weight excluding hydrogens is 214 g/mol. The molecule has 2 atom stereocenters. The molecule has 0 spiro atoms. The maximum absolute atomic E-state index is 11.8. The van der Waals surface area contributed by atoms with Crippen LogP contribution in [0.4, 0.5) is 0 Å². The van der Waals surface area contributed by atoms with Crippen molar-refractivity contribution < 1.29 is 8.42 Å². The van der Waals surface area contributed by atoms with Crippen LogP contribution in [0.5, 0.6) is 0 Å². The fourth-order valence-electron chi connectivity index (χ4n) is 1.99. The Balaban J connectivity index is 2.06. The number of hydrogen-bond acceptors (Lipinski definition) is 3. The largest absolute Gasteiger partial charge is 0.335 e. The van der Waals surface area contributed by atoms with E-state index in [0.29, 0.717) is 5.92 Å². The van der Waals surface area contributed by atoms with Gasteiger partial charge in [0.25, 0.3) is 10.0 Å². The van der Waals surface area contributed by atoms with E-state index in [0.717, 1.165) is 19.3 Å². The summed E-state index contributed by atoms with van der Waals surface area (Å²) in [6.07, 6.45) is 5.63. The summed E-state index contributed by atoms with van der Waals surface area (Å²) < 4.78 is 26.2. The van der Waals surface area contributed by atoms with Gasteiger partial charge in [-0.05, 0) is 25.2 Å². The highest BCUT2D eigenvalue weighted by molar-refractivity contribution is 7.89. The molecule has 1 heterocycles. The summed E-state index contributed by atoms with van der Waals surface area (Å²) in [6.45, 7) is 2.14. The molecule has 2 N–H and O–H groups in total. The Labute approximate surface area is 89.4 Å². The van der Waals surface area contributed by atoms with Gasteiger partial charge in [-0.1, -0.05) is 6.92 Å². The van der Waals surface area contributed by atoms with Crippen LogP contribution in [0.1, 0.15) is 26.2 Å². The summed E-state index contributed by atoms with van der Waals surface area (Å²) in [5, 5.41) is 0.141. The third kappa shape index (κ3) is 2.38. The topological polar surface area (TPSA) is 74.8 Å². The number of aromatic nitrogens is 2. The molecule has 1 aromatic rings. The van der Waals surface area contributed by atoms with Gasteiger partial charge in [0.15, 0.2) is 5.03 Å². The molecule has 1 aromatic heterocycles. The second-order valence-electron chi connectivity index (χ2n) is 4.15. The van der Waals surface area contributed by atoms with E-state index in [4.69, 9.17) is 0 Å². The molecule has 5 nitrogen and oxygen atoms in total. The van der Waals surface area contributed by atoms with Crippen LogP contribution in [0.25, 0.3) is 0 Å². The Kier molecular flexibility index (Phi) is 2.79. The van der Waals surface area contributed by atoms with E-state index in [1.165, 1.54) is 12.5 Å². The lowest BCUT2D eigenvalue weighted by Gasteiger charge is -2.11. The summed E-state index contributed by atoms with van der Waals surface area (Å²) >= 11 is 0. The van der Waals surface area contributed by atoms with E-state index in [2.05, 4.69) is 21.6 Å². The zero-order chi connectivity index (χ0) is 10.9. The Morgan fingerprint density at radius 3 is 2.87 bits per heavy atom. The SMILES string of the molecule is CC1CCC(NS(=O)(=O)c2cnc[nH]2)C1. The zero-order valence-electron chi connectivity index (χ0n) is 8.60. The van der Waals surface area contributed by atoms with Crippen molar-refractivity contribution in [3.05, 3.63) is 12.5 Å². The number of sulfonamides is 1. The lowest BCUT2D eigenvalue weighted by molar-refractivity contribution is 0.536. The molecule has 6 heteroatoms. The minimum absolute atomic E-state index is 0.0771. The van der Waals surface area contributed by atoms with Crippen LogP contribution in [-0.4, -0.2) is 24.4 Å². The average molecular weight is 229 g/mol. The first-order valence-corrected chi connectivity index (χ1v) is 6.57. The molecule has 2 unspecified atom stereocenters. The van der Waals surface area contributed by atoms with Crippen molar-refractivity contribution in [2.45, 2.75) is 37.3 Å². The maximum Gasteiger partial charge on any atom is 0.257 e. The molecule has 1 saturated carbocycles. The monoisotopic (exact) mass is 229 g/mol. The fraction of sp³-hybridized carbons (Fsp3) is 0.667. The van der Waals surface area contributed by atoms with Gasteiger partial charge in [-0.2, -0.15) is 0 Å². The lowest BCUT2D eigenvalue weighted by Crippen LogP contribution is -2.33. The highest BCUT2D eigenvalue weighted by Gasteiger charge is 2.26. The van der Waals surface area contributed by atoms with Gasteiger partial charge in [-0.15, -0.1) is 0 Å². The van der Waals surface area contributed by atoms with Gasteiger partial charge >= 0.3 is 0 Å². The van der Waals surface area contributed by atoms with Gasteiger partial charge in [0.05, 0.1) is 12.5 Å². The van der Waals surface area contributed by atoms with Crippen LogP contribution < -0.4 is 4.72 Å². The molecule has 1 aliphatic carbocycles. The van der Waals surface area contributed by atoms with Crippen LogP contribution >= 0.6 is 0 Å². The average Bonchev–Trinajstić information content (AvgIpc) is 2.75. The summed E-state index contributed by atoms with van der Waals surface area (Å²) in [5.41, 5.74) is 0. The minimum atomic E-state index is -3.39. The molecule has 0 radical (unpaired) electrons. The summed E-state index contributed by atoms with van der Waals surface area (Å²) in [4.78, 5) is 6.30. The van der Waals surface area contributed by atoms with Crippen LogP contribution in [-0.2, 0) is 10.0 Å². The lowest BCUT2D eigenvalue weighted by atomic mass is 10.1. The number of hydrogen-bond donors (Lipinski definition) is 2. The van der Waals surface area contributed by atoms with E-state index >= 15 is 0 Å². The Morgan fingerprint density at radius 2 is 2.33 bits per heavy atom. The van der Waals surface area contributed by atoms with Crippen molar-refractivity contribution in [3.63, 3.8) is 0 Å². The normalized spacial score (nSPS) is 27.0. The molecule has 0 aliphatic heterocycles. The van der Waals surface area contributed by atoms with Gasteiger partial charge in [0.1, 0.15) is 0 Å². The number of nitrogens with zero attached hydrogens (tertiary/aromatic N) is 1. The van der Waals surface area contributed by atoms with Crippen LogP contribution in [0, 0.1) is 5.92 Å². The van der Waals surface area contributed by atoms with Crippen molar-refractivity contribution in [1.29, 1.82) is 0 Å². The Hall–Kier alpha value is -0.880. The van der Waals surface area contributed by atoms with E-state index in [1.807, 2.05) is 0 Å². The highest BCUT2D eigenvalue weighted by atomic mass is 32.2. The first kappa shape index (κ1) is 10.6. The smallest absolute Gasteiger partial charge is 0.257 e. The summed E-state index contributed by atoms with van der Waals surface area (Å²) in [6, 6.07) is 0.0771.